The van der Waals surface area contributed by atoms with Crippen molar-refractivity contribution in [1.29, 1.82) is 0 Å². The summed E-state index contributed by atoms with van der Waals surface area (Å²) < 4.78 is 10.3. The molecular formula is C12H13NO3. The molecule has 4 nitrogen and oxygen atoms in total. The van der Waals surface area contributed by atoms with Gasteiger partial charge in [-0.3, -0.25) is 0 Å². The van der Waals surface area contributed by atoms with E-state index < -0.39 is 0 Å². The van der Waals surface area contributed by atoms with Crippen LogP contribution >= 0.6 is 0 Å². The van der Waals surface area contributed by atoms with E-state index in [9.17, 15) is 5.11 Å². The van der Waals surface area contributed by atoms with Gasteiger partial charge in [0.1, 0.15) is 11.5 Å². The van der Waals surface area contributed by atoms with Crippen LogP contribution in [-0.4, -0.2) is 12.2 Å². The first-order chi connectivity index (χ1) is 7.63. The van der Waals surface area contributed by atoms with Crippen molar-refractivity contribution >= 4 is 5.88 Å². The minimum atomic E-state index is 0.0748. The Hall–Kier alpha value is -2.10. The highest BCUT2D eigenvalue weighted by Crippen LogP contribution is 2.40. The van der Waals surface area contributed by atoms with Crippen molar-refractivity contribution in [3.05, 3.63) is 30.0 Å². The van der Waals surface area contributed by atoms with E-state index in [2.05, 4.69) is 0 Å². The number of furan rings is 1. The maximum absolute atomic E-state index is 9.82. The topological polar surface area (TPSA) is 68.6 Å². The Morgan fingerprint density at radius 3 is 2.69 bits per heavy atom. The molecule has 0 amide bonds. The molecule has 0 atom stereocenters. The Labute approximate surface area is 93.3 Å². The summed E-state index contributed by atoms with van der Waals surface area (Å²) in [5.41, 5.74) is 6.98. The molecule has 0 radical (unpaired) electrons. The van der Waals surface area contributed by atoms with Crippen LogP contribution in [0.5, 0.6) is 11.5 Å². The number of anilines is 1. The van der Waals surface area contributed by atoms with Crippen molar-refractivity contribution in [2.45, 2.75) is 6.92 Å². The third-order valence-electron chi connectivity index (χ3n) is 2.44. The number of benzene rings is 1. The number of aromatic hydroxyl groups is 1. The van der Waals surface area contributed by atoms with E-state index in [1.54, 1.807) is 20.1 Å². The van der Waals surface area contributed by atoms with Gasteiger partial charge in [0, 0.05) is 0 Å². The third kappa shape index (κ3) is 1.58. The Morgan fingerprint density at radius 2 is 2.12 bits per heavy atom. The number of nitrogen functional groups attached to an aromatic ring is 1. The highest BCUT2D eigenvalue weighted by molar-refractivity contribution is 5.80. The molecule has 1 aromatic carbocycles. The molecule has 0 aliphatic rings. The molecule has 0 aliphatic heterocycles. The maximum Gasteiger partial charge on any atom is 0.202 e. The van der Waals surface area contributed by atoms with Gasteiger partial charge in [0.05, 0.1) is 12.7 Å². The molecule has 3 N–H and O–H groups in total. The maximum atomic E-state index is 9.82. The third-order valence-corrected chi connectivity index (χ3v) is 2.44. The van der Waals surface area contributed by atoms with E-state index in [0.29, 0.717) is 17.1 Å². The van der Waals surface area contributed by atoms with Gasteiger partial charge in [0.25, 0.3) is 0 Å². The van der Waals surface area contributed by atoms with Gasteiger partial charge >= 0.3 is 0 Å². The number of nitrogens with two attached hydrogens (primary N) is 1. The SMILES string of the molecule is COc1cccc(-c2c(N)oc(C)c2O)c1. The minimum absolute atomic E-state index is 0.0748. The monoisotopic (exact) mass is 219 g/mol. The predicted octanol–water partition coefficient (Wildman–Crippen LogP) is 2.55. The Morgan fingerprint density at radius 1 is 1.38 bits per heavy atom. The zero-order chi connectivity index (χ0) is 11.7. The van der Waals surface area contributed by atoms with Crippen molar-refractivity contribution < 1.29 is 14.3 Å². The molecule has 2 aromatic rings. The quantitative estimate of drug-likeness (QED) is 0.814. The Kier molecular flexibility index (Phi) is 2.48. The lowest BCUT2D eigenvalue weighted by molar-refractivity contribution is 0.415. The van der Waals surface area contributed by atoms with Crippen molar-refractivity contribution in [2.75, 3.05) is 12.8 Å². The molecule has 0 aliphatic carbocycles. The fourth-order valence-corrected chi connectivity index (χ4v) is 1.61. The van der Waals surface area contributed by atoms with Gasteiger partial charge < -0.3 is 20.0 Å². The van der Waals surface area contributed by atoms with Gasteiger partial charge in [0.15, 0.2) is 5.75 Å². The fourth-order valence-electron chi connectivity index (χ4n) is 1.61. The largest absolute Gasteiger partial charge is 0.504 e. The van der Waals surface area contributed by atoms with E-state index in [1.165, 1.54) is 0 Å². The molecular weight excluding hydrogens is 206 g/mol. The van der Waals surface area contributed by atoms with Crippen molar-refractivity contribution in [1.82, 2.24) is 0 Å². The number of hydrogen-bond donors (Lipinski definition) is 2. The van der Waals surface area contributed by atoms with E-state index in [4.69, 9.17) is 14.9 Å². The highest BCUT2D eigenvalue weighted by atomic mass is 16.5. The standard InChI is InChI=1S/C12H13NO3/c1-7-11(14)10(12(13)16-7)8-4-3-5-9(6-8)15-2/h3-6,14H,13H2,1-2H3. The zero-order valence-corrected chi connectivity index (χ0v) is 9.15. The minimum Gasteiger partial charge on any atom is -0.504 e. The highest BCUT2D eigenvalue weighted by Gasteiger charge is 2.16. The number of ether oxygens (including phenoxy) is 1. The van der Waals surface area contributed by atoms with Crippen LogP contribution in [0.25, 0.3) is 11.1 Å². The molecule has 0 saturated carbocycles. The molecule has 84 valence electrons. The molecule has 1 aromatic heterocycles. The van der Waals surface area contributed by atoms with Crippen LogP contribution in [0.15, 0.2) is 28.7 Å². The molecule has 2 rings (SSSR count). The molecule has 0 spiro atoms. The summed E-state index contributed by atoms with van der Waals surface area (Å²) in [4.78, 5) is 0. The lowest BCUT2D eigenvalue weighted by atomic mass is 10.1. The molecule has 0 fully saturated rings. The fraction of sp³-hybridized carbons (Fsp3) is 0.167. The van der Waals surface area contributed by atoms with Gasteiger partial charge in [-0.1, -0.05) is 12.1 Å². The summed E-state index contributed by atoms with van der Waals surface area (Å²) >= 11 is 0. The summed E-state index contributed by atoms with van der Waals surface area (Å²) in [5.74, 6) is 1.40. The van der Waals surface area contributed by atoms with Crippen molar-refractivity contribution in [3.8, 4) is 22.6 Å². The lowest BCUT2D eigenvalue weighted by Crippen LogP contribution is -1.87. The van der Waals surface area contributed by atoms with Crippen LogP contribution in [0.3, 0.4) is 0 Å². The number of hydrogen-bond acceptors (Lipinski definition) is 4. The number of aryl methyl sites for hydroxylation is 1. The predicted molar refractivity (Wildman–Crippen MR) is 61.5 cm³/mol. The van der Waals surface area contributed by atoms with Crippen molar-refractivity contribution in [2.24, 2.45) is 0 Å². The van der Waals surface area contributed by atoms with Crippen LogP contribution in [-0.2, 0) is 0 Å². The second kappa shape index (κ2) is 3.81. The number of methoxy groups -OCH3 is 1. The van der Waals surface area contributed by atoms with Crippen LogP contribution in [0, 0.1) is 6.92 Å². The summed E-state index contributed by atoms with van der Waals surface area (Å²) in [6.45, 7) is 1.66. The molecule has 1 heterocycles. The van der Waals surface area contributed by atoms with E-state index >= 15 is 0 Å². The smallest absolute Gasteiger partial charge is 0.202 e. The first kappa shape index (κ1) is 10.4. The normalized spacial score (nSPS) is 10.4. The summed E-state index contributed by atoms with van der Waals surface area (Å²) in [5, 5.41) is 9.82. The Balaban J connectivity index is 2.58. The first-order valence-electron chi connectivity index (χ1n) is 4.85. The van der Waals surface area contributed by atoms with Gasteiger partial charge in [-0.15, -0.1) is 0 Å². The van der Waals surface area contributed by atoms with Gasteiger partial charge in [0.2, 0.25) is 5.88 Å². The molecule has 0 bridgehead atoms. The van der Waals surface area contributed by atoms with Crippen LogP contribution in [0.2, 0.25) is 0 Å². The average Bonchev–Trinajstić information content (AvgIpc) is 2.53. The molecule has 4 heteroatoms. The zero-order valence-electron chi connectivity index (χ0n) is 9.15. The van der Waals surface area contributed by atoms with Gasteiger partial charge in [-0.25, -0.2) is 0 Å². The van der Waals surface area contributed by atoms with Gasteiger partial charge in [-0.2, -0.15) is 0 Å². The van der Waals surface area contributed by atoms with Crippen LogP contribution in [0.4, 0.5) is 5.88 Å². The first-order valence-corrected chi connectivity index (χ1v) is 4.85. The Bertz CT molecular complexity index is 517. The second-order valence-electron chi connectivity index (χ2n) is 3.48. The number of rotatable bonds is 2. The van der Waals surface area contributed by atoms with Gasteiger partial charge in [-0.05, 0) is 24.6 Å². The van der Waals surface area contributed by atoms with E-state index in [0.717, 1.165) is 5.56 Å². The molecule has 0 unspecified atom stereocenters. The molecule has 16 heavy (non-hydrogen) atoms. The van der Waals surface area contributed by atoms with E-state index in [1.807, 2.05) is 18.2 Å². The van der Waals surface area contributed by atoms with Crippen LogP contribution in [0.1, 0.15) is 5.76 Å². The summed E-state index contributed by atoms with van der Waals surface area (Å²) in [7, 11) is 1.59. The second-order valence-corrected chi connectivity index (χ2v) is 3.48. The van der Waals surface area contributed by atoms with Crippen molar-refractivity contribution in [3.63, 3.8) is 0 Å². The lowest BCUT2D eigenvalue weighted by Gasteiger charge is -2.03. The van der Waals surface area contributed by atoms with Crippen LogP contribution < -0.4 is 10.5 Å². The summed E-state index contributed by atoms with van der Waals surface area (Å²) in [6, 6.07) is 7.28. The molecule has 0 saturated heterocycles. The summed E-state index contributed by atoms with van der Waals surface area (Å²) in [6.07, 6.45) is 0. The average molecular weight is 219 g/mol. The van der Waals surface area contributed by atoms with E-state index in [-0.39, 0.29) is 11.6 Å².